The number of hydrogen-bond donors (Lipinski definition) is 2. The van der Waals surface area contributed by atoms with Gasteiger partial charge in [-0.3, -0.25) is 0 Å². The maximum atomic E-state index is 10.4. The van der Waals surface area contributed by atoms with Gasteiger partial charge in [0, 0.05) is 0 Å². The van der Waals surface area contributed by atoms with Gasteiger partial charge in [-0.15, -0.1) is 0 Å². The lowest BCUT2D eigenvalue weighted by atomic mass is 9.97. The maximum Gasteiger partial charge on any atom is 0.231 e. The third kappa shape index (κ3) is 2.13. The molecule has 2 N–H and O–H groups in total. The number of fused-ring (bicyclic) bond motifs is 2. The van der Waals surface area contributed by atoms with Crippen LogP contribution in [0, 0.1) is 0 Å². The molecule has 0 aliphatic carbocycles. The molecular weight excluding hydrogens is 288 g/mol. The van der Waals surface area contributed by atoms with Gasteiger partial charge in [-0.1, -0.05) is 12.1 Å². The summed E-state index contributed by atoms with van der Waals surface area (Å²) < 4.78 is 21.0. The highest BCUT2D eigenvalue weighted by Crippen LogP contribution is 2.39. The van der Waals surface area contributed by atoms with E-state index in [4.69, 9.17) is 18.9 Å². The van der Waals surface area contributed by atoms with Crippen LogP contribution in [0.25, 0.3) is 0 Å². The minimum Gasteiger partial charge on any atom is -0.454 e. The number of benzene rings is 2. The molecule has 0 saturated carbocycles. The van der Waals surface area contributed by atoms with Crippen LogP contribution in [0.5, 0.6) is 23.0 Å². The van der Waals surface area contributed by atoms with E-state index in [1.807, 2.05) is 0 Å². The number of ether oxygens (including phenoxy) is 4. The third-order valence-corrected chi connectivity index (χ3v) is 3.78. The molecule has 0 spiro atoms. The second-order valence-electron chi connectivity index (χ2n) is 5.12. The number of aliphatic hydroxyl groups is 2. The summed E-state index contributed by atoms with van der Waals surface area (Å²) in [6, 6.07) is 10.2. The van der Waals surface area contributed by atoms with Gasteiger partial charge in [0.2, 0.25) is 13.6 Å². The lowest BCUT2D eigenvalue weighted by Gasteiger charge is -2.19. The average Bonchev–Trinajstić information content (AvgIpc) is 3.20. The second kappa shape index (κ2) is 5.08. The summed E-state index contributed by atoms with van der Waals surface area (Å²) in [5.41, 5.74) is 1.10. The second-order valence-corrected chi connectivity index (χ2v) is 5.12. The van der Waals surface area contributed by atoms with E-state index < -0.39 is 12.2 Å². The molecule has 4 rings (SSSR count). The van der Waals surface area contributed by atoms with Gasteiger partial charge >= 0.3 is 0 Å². The average molecular weight is 302 g/mol. The summed E-state index contributed by atoms with van der Waals surface area (Å²) in [5, 5.41) is 20.8. The van der Waals surface area contributed by atoms with Crippen molar-refractivity contribution in [1.82, 2.24) is 0 Å². The van der Waals surface area contributed by atoms with Crippen molar-refractivity contribution >= 4 is 0 Å². The van der Waals surface area contributed by atoms with Crippen LogP contribution >= 0.6 is 0 Å². The van der Waals surface area contributed by atoms with Gasteiger partial charge in [0.15, 0.2) is 23.0 Å². The predicted molar refractivity (Wildman–Crippen MR) is 75.0 cm³/mol. The van der Waals surface area contributed by atoms with Gasteiger partial charge < -0.3 is 29.2 Å². The Bertz CT molecular complexity index is 652. The van der Waals surface area contributed by atoms with Gasteiger partial charge in [0.1, 0.15) is 12.2 Å². The molecule has 0 fully saturated rings. The van der Waals surface area contributed by atoms with E-state index in [2.05, 4.69) is 0 Å². The smallest absolute Gasteiger partial charge is 0.231 e. The van der Waals surface area contributed by atoms with Crippen LogP contribution in [-0.4, -0.2) is 23.8 Å². The van der Waals surface area contributed by atoms with Crippen molar-refractivity contribution in [2.24, 2.45) is 0 Å². The molecule has 22 heavy (non-hydrogen) atoms. The minimum absolute atomic E-state index is 0.166. The summed E-state index contributed by atoms with van der Waals surface area (Å²) in [5.74, 6) is 2.39. The Morgan fingerprint density at radius 1 is 0.636 bits per heavy atom. The Labute approximate surface area is 126 Å². The summed E-state index contributed by atoms with van der Waals surface area (Å²) >= 11 is 0. The van der Waals surface area contributed by atoms with Crippen molar-refractivity contribution in [3.8, 4) is 23.0 Å². The molecular formula is C16H14O6. The van der Waals surface area contributed by atoms with Crippen molar-refractivity contribution in [2.45, 2.75) is 12.2 Å². The van der Waals surface area contributed by atoms with E-state index in [-0.39, 0.29) is 13.6 Å². The molecule has 2 aliphatic rings. The molecule has 0 saturated heterocycles. The first-order chi connectivity index (χ1) is 10.7. The van der Waals surface area contributed by atoms with Crippen LogP contribution in [0.3, 0.4) is 0 Å². The highest BCUT2D eigenvalue weighted by atomic mass is 16.7. The van der Waals surface area contributed by atoms with Gasteiger partial charge in [-0.05, 0) is 35.4 Å². The first-order valence-electron chi connectivity index (χ1n) is 6.87. The van der Waals surface area contributed by atoms with E-state index in [9.17, 15) is 10.2 Å². The lowest BCUT2D eigenvalue weighted by Crippen LogP contribution is -2.10. The summed E-state index contributed by atoms with van der Waals surface area (Å²) in [6.07, 6.45) is -2.18. The molecule has 6 heteroatoms. The molecule has 2 aromatic rings. The molecule has 0 aromatic heterocycles. The van der Waals surface area contributed by atoms with E-state index in [1.54, 1.807) is 36.4 Å². The molecule has 0 amide bonds. The molecule has 2 aliphatic heterocycles. The number of aliphatic hydroxyl groups excluding tert-OH is 2. The largest absolute Gasteiger partial charge is 0.454 e. The summed E-state index contributed by atoms with van der Waals surface area (Å²) in [4.78, 5) is 0. The molecule has 2 unspecified atom stereocenters. The van der Waals surface area contributed by atoms with Crippen LogP contribution in [0.15, 0.2) is 36.4 Å². The van der Waals surface area contributed by atoms with Crippen molar-refractivity contribution in [1.29, 1.82) is 0 Å². The van der Waals surface area contributed by atoms with Crippen LogP contribution in [0.2, 0.25) is 0 Å². The Morgan fingerprint density at radius 2 is 1.05 bits per heavy atom. The summed E-state index contributed by atoms with van der Waals surface area (Å²) in [6.45, 7) is 0.333. The highest BCUT2D eigenvalue weighted by molar-refractivity contribution is 5.47. The molecule has 0 bridgehead atoms. The van der Waals surface area contributed by atoms with Crippen molar-refractivity contribution in [2.75, 3.05) is 13.6 Å². The van der Waals surface area contributed by atoms with Crippen molar-refractivity contribution in [3.63, 3.8) is 0 Å². The monoisotopic (exact) mass is 302 g/mol. The Kier molecular flexibility index (Phi) is 3.06. The van der Waals surface area contributed by atoms with Crippen LogP contribution in [0.1, 0.15) is 23.3 Å². The zero-order valence-electron chi connectivity index (χ0n) is 11.6. The Morgan fingerprint density at radius 3 is 1.50 bits per heavy atom. The van der Waals surface area contributed by atoms with Crippen molar-refractivity contribution in [3.05, 3.63) is 47.5 Å². The van der Waals surface area contributed by atoms with Gasteiger partial charge in [-0.25, -0.2) is 0 Å². The Hall–Kier alpha value is -2.44. The SMILES string of the molecule is OC(c1ccc2c(c1)OCO2)C(O)c1ccc2c(c1)OCO2. The molecule has 6 nitrogen and oxygen atoms in total. The van der Waals surface area contributed by atoms with E-state index in [1.165, 1.54) is 0 Å². The van der Waals surface area contributed by atoms with E-state index in [0.717, 1.165) is 0 Å². The molecule has 2 atom stereocenters. The molecule has 2 aromatic carbocycles. The third-order valence-electron chi connectivity index (χ3n) is 3.78. The number of rotatable bonds is 3. The topological polar surface area (TPSA) is 77.4 Å². The quantitative estimate of drug-likeness (QED) is 0.902. The zero-order valence-corrected chi connectivity index (χ0v) is 11.6. The van der Waals surface area contributed by atoms with Gasteiger partial charge in [-0.2, -0.15) is 0 Å². The van der Waals surface area contributed by atoms with Crippen molar-refractivity contribution < 1.29 is 29.2 Å². The van der Waals surface area contributed by atoms with Crippen LogP contribution in [-0.2, 0) is 0 Å². The molecule has 2 heterocycles. The summed E-state index contributed by atoms with van der Waals surface area (Å²) in [7, 11) is 0. The predicted octanol–water partition coefficient (Wildman–Crippen LogP) is 1.91. The first-order valence-corrected chi connectivity index (χ1v) is 6.87. The molecule has 0 radical (unpaired) electrons. The van der Waals surface area contributed by atoms with Crippen LogP contribution < -0.4 is 18.9 Å². The van der Waals surface area contributed by atoms with E-state index in [0.29, 0.717) is 34.1 Å². The van der Waals surface area contributed by atoms with Gasteiger partial charge in [0.25, 0.3) is 0 Å². The zero-order chi connectivity index (χ0) is 15.1. The standard InChI is InChI=1S/C16H14O6/c17-15(9-1-3-11-13(5-9)21-7-19-11)16(18)10-2-4-12-14(6-10)22-8-20-12/h1-6,15-18H,7-8H2. The minimum atomic E-state index is -1.09. The lowest BCUT2D eigenvalue weighted by molar-refractivity contribution is 0.0170. The molecule has 114 valence electrons. The fourth-order valence-electron chi connectivity index (χ4n) is 2.56. The van der Waals surface area contributed by atoms with E-state index >= 15 is 0 Å². The van der Waals surface area contributed by atoms with Crippen LogP contribution in [0.4, 0.5) is 0 Å². The first kappa shape index (κ1) is 13.2. The fraction of sp³-hybridized carbons (Fsp3) is 0.250. The Balaban J connectivity index is 1.60. The van der Waals surface area contributed by atoms with Gasteiger partial charge in [0.05, 0.1) is 0 Å². The maximum absolute atomic E-state index is 10.4. The fourth-order valence-corrected chi connectivity index (χ4v) is 2.56. The number of hydrogen-bond acceptors (Lipinski definition) is 6. The normalized spacial score (nSPS) is 17.4. The highest BCUT2D eigenvalue weighted by Gasteiger charge is 2.25.